The number of likely N-dealkylation sites (tertiary alicyclic amines) is 1. The van der Waals surface area contributed by atoms with Crippen LogP contribution >= 0.6 is 11.3 Å². The largest absolute Gasteiger partial charge is 0.349 e. The van der Waals surface area contributed by atoms with Gasteiger partial charge in [-0.25, -0.2) is 4.39 Å². The van der Waals surface area contributed by atoms with Gasteiger partial charge < -0.3 is 5.32 Å². The van der Waals surface area contributed by atoms with Crippen molar-refractivity contribution >= 4 is 27.3 Å². The van der Waals surface area contributed by atoms with Crippen molar-refractivity contribution < 1.29 is 9.18 Å². The molecule has 140 valence electrons. The Bertz CT molecular complexity index is 935. The van der Waals surface area contributed by atoms with Crippen LogP contribution in [0.5, 0.6) is 0 Å². The zero-order chi connectivity index (χ0) is 18.8. The lowest BCUT2D eigenvalue weighted by Gasteiger charge is -2.36. The maximum atomic E-state index is 13.3. The summed E-state index contributed by atoms with van der Waals surface area (Å²) >= 11 is 1.41. The van der Waals surface area contributed by atoms with Crippen LogP contribution in [-0.2, 0) is 0 Å². The number of amides is 1. The molecule has 1 aromatic carbocycles. The minimum atomic E-state index is -0.275. The molecule has 1 aliphatic heterocycles. The van der Waals surface area contributed by atoms with E-state index in [4.69, 9.17) is 0 Å². The minimum absolute atomic E-state index is 0.0581. The number of carbonyl (C=O) groups excluding carboxylic acids is 1. The second kappa shape index (κ2) is 7.74. The van der Waals surface area contributed by atoms with Gasteiger partial charge in [0.05, 0.1) is 4.88 Å². The summed E-state index contributed by atoms with van der Waals surface area (Å²) in [5.74, 6) is -0.333. The molecule has 2 aromatic heterocycles. The number of rotatable bonds is 4. The molecule has 6 heteroatoms. The smallest absolute Gasteiger partial charge is 0.261 e. The first-order valence-electron chi connectivity index (χ1n) is 9.24. The van der Waals surface area contributed by atoms with Crippen LogP contribution in [0.2, 0.25) is 0 Å². The van der Waals surface area contributed by atoms with Crippen molar-refractivity contribution in [3.05, 3.63) is 65.0 Å². The SMILES string of the molecule is C[C@@H](c1ccncc1)N1CCC(NC(=O)c2cc3cc(F)ccc3s2)CC1. The summed E-state index contributed by atoms with van der Waals surface area (Å²) in [5, 5.41) is 3.93. The third-order valence-corrected chi connectivity index (χ3v) is 6.42. The summed E-state index contributed by atoms with van der Waals surface area (Å²) < 4.78 is 14.3. The molecule has 0 saturated carbocycles. The summed E-state index contributed by atoms with van der Waals surface area (Å²) in [6, 6.07) is 11.1. The van der Waals surface area contributed by atoms with E-state index in [1.807, 2.05) is 12.4 Å². The molecule has 0 spiro atoms. The number of carbonyl (C=O) groups is 1. The number of fused-ring (bicyclic) bond motifs is 1. The number of halogens is 1. The first kappa shape index (κ1) is 18.1. The maximum absolute atomic E-state index is 13.3. The molecular formula is C21H22FN3OS. The van der Waals surface area contributed by atoms with Gasteiger partial charge in [0.15, 0.2) is 0 Å². The Hall–Kier alpha value is -2.31. The fourth-order valence-corrected chi connectivity index (χ4v) is 4.61. The number of aromatic nitrogens is 1. The van der Waals surface area contributed by atoms with Crippen LogP contribution in [0, 0.1) is 5.82 Å². The summed E-state index contributed by atoms with van der Waals surface area (Å²) in [4.78, 5) is 19.8. The van der Waals surface area contributed by atoms with Gasteiger partial charge in [-0.1, -0.05) is 0 Å². The highest BCUT2D eigenvalue weighted by Crippen LogP contribution is 2.27. The lowest BCUT2D eigenvalue weighted by molar-refractivity contribution is 0.0900. The van der Waals surface area contributed by atoms with Crippen LogP contribution in [0.25, 0.3) is 10.1 Å². The van der Waals surface area contributed by atoms with Crippen molar-refractivity contribution in [3.63, 3.8) is 0 Å². The third-order valence-electron chi connectivity index (χ3n) is 5.30. The Morgan fingerprint density at radius 2 is 1.96 bits per heavy atom. The number of pyridine rings is 1. The maximum Gasteiger partial charge on any atom is 0.261 e. The van der Waals surface area contributed by atoms with E-state index in [9.17, 15) is 9.18 Å². The molecular weight excluding hydrogens is 361 g/mol. The molecule has 3 aromatic rings. The molecule has 4 nitrogen and oxygen atoms in total. The standard InChI is InChI=1S/C21H22FN3OS/c1-14(15-4-8-23-9-5-15)25-10-6-18(7-11-25)24-21(26)20-13-16-12-17(22)2-3-19(16)27-20/h2-5,8-9,12-14,18H,6-7,10-11H2,1H3,(H,24,26)/t14-/m0/s1. The lowest BCUT2D eigenvalue weighted by atomic mass is 10.0. The molecule has 1 aliphatic rings. The zero-order valence-electron chi connectivity index (χ0n) is 15.2. The number of hydrogen-bond acceptors (Lipinski definition) is 4. The number of thiophene rings is 1. The highest BCUT2D eigenvalue weighted by atomic mass is 32.1. The number of benzene rings is 1. The van der Waals surface area contributed by atoms with Crippen molar-refractivity contribution in [1.29, 1.82) is 0 Å². The van der Waals surface area contributed by atoms with Crippen LogP contribution in [0.1, 0.15) is 41.0 Å². The summed E-state index contributed by atoms with van der Waals surface area (Å²) in [6.45, 7) is 4.11. The van der Waals surface area contributed by atoms with Crippen LogP contribution in [-0.4, -0.2) is 34.9 Å². The molecule has 1 fully saturated rings. The Kier molecular flexibility index (Phi) is 5.18. The average Bonchev–Trinajstić information content (AvgIpc) is 3.12. The van der Waals surface area contributed by atoms with Gasteiger partial charge in [-0.3, -0.25) is 14.7 Å². The van der Waals surface area contributed by atoms with Crippen molar-refractivity contribution in [2.75, 3.05) is 13.1 Å². The molecule has 4 rings (SSSR count). The third kappa shape index (κ3) is 4.01. The quantitative estimate of drug-likeness (QED) is 0.727. The second-order valence-corrected chi connectivity index (χ2v) is 8.12. The Balaban J connectivity index is 1.35. The Labute approximate surface area is 162 Å². The van der Waals surface area contributed by atoms with Gasteiger partial charge in [0.25, 0.3) is 5.91 Å². The molecule has 27 heavy (non-hydrogen) atoms. The van der Waals surface area contributed by atoms with Gasteiger partial charge in [-0.2, -0.15) is 0 Å². The fourth-order valence-electron chi connectivity index (χ4n) is 3.67. The Morgan fingerprint density at radius 1 is 1.22 bits per heavy atom. The van der Waals surface area contributed by atoms with Crippen LogP contribution in [0.4, 0.5) is 4.39 Å². The number of hydrogen-bond donors (Lipinski definition) is 1. The highest BCUT2D eigenvalue weighted by molar-refractivity contribution is 7.20. The summed E-state index contributed by atoms with van der Waals surface area (Å²) in [5.41, 5.74) is 1.27. The van der Waals surface area contributed by atoms with Crippen molar-refractivity contribution in [3.8, 4) is 0 Å². The molecule has 0 unspecified atom stereocenters. The van der Waals surface area contributed by atoms with E-state index in [0.717, 1.165) is 36.0 Å². The molecule has 0 bridgehead atoms. The normalized spacial score (nSPS) is 17.1. The topological polar surface area (TPSA) is 45.2 Å². The number of nitrogens with zero attached hydrogens (tertiary/aromatic N) is 2. The van der Waals surface area contributed by atoms with Gasteiger partial charge in [0.1, 0.15) is 5.82 Å². The first-order chi connectivity index (χ1) is 13.1. The van der Waals surface area contributed by atoms with E-state index < -0.39 is 0 Å². The van der Waals surface area contributed by atoms with Crippen molar-refractivity contribution in [2.24, 2.45) is 0 Å². The van der Waals surface area contributed by atoms with Crippen LogP contribution in [0.3, 0.4) is 0 Å². The predicted octanol–water partition coefficient (Wildman–Crippen LogP) is 4.39. The van der Waals surface area contributed by atoms with E-state index in [0.29, 0.717) is 10.9 Å². The zero-order valence-corrected chi connectivity index (χ0v) is 16.0. The minimum Gasteiger partial charge on any atom is -0.349 e. The average molecular weight is 383 g/mol. The van der Waals surface area contributed by atoms with E-state index in [2.05, 4.69) is 34.3 Å². The highest BCUT2D eigenvalue weighted by Gasteiger charge is 2.25. The van der Waals surface area contributed by atoms with E-state index in [1.165, 1.54) is 29.0 Å². The van der Waals surface area contributed by atoms with E-state index in [-0.39, 0.29) is 17.8 Å². The number of nitrogens with one attached hydrogen (secondary N) is 1. The molecule has 1 atom stereocenters. The number of piperidine rings is 1. The van der Waals surface area contributed by atoms with E-state index >= 15 is 0 Å². The van der Waals surface area contributed by atoms with Crippen molar-refractivity contribution in [2.45, 2.75) is 31.8 Å². The van der Waals surface area contributed by atoms with Gasteiger partial charge >= 0.3 is 0 Å². The molecule has 1 saturated heterocycles. The summed E-state index contributed by atoms with van der Waals surface area (Å²) in [7, 11) is 0. The molecule has 3 heterocycles. The monoisotopic (exact) mass is 383 g/mol. The van der Waals surface area contributed by atoms with Gasteiger partial charge in [-0.05, 0) is 67.1 Å². The van der Waals surface area contributed by atoms with Crippen molar-refractivity contribution in [1.82, 2.24) is 15.2 Å². The van der Waals surface area contributed by atoms with Gasteiger partial charge in [-0.15, -0.1) is 11.3 Å². The fraction of sp³-hybridized carbons (Fsp3) is 0.333. The van der Waals surface area contributed by atoms with Crippen LogP contribution < -0.4 is 5.32 Å². The lowest BCUT2D eigenvalue weighted by Crippen LogP contribution is -2.45. The van der Waals surface area contributed by atoms with E-state index in [1.54, 1.807) is 12.1 Å². The molecule has 1 amide bonds. The molecule has 1 N–H and O–H groups in total. The predicted molar refractivity (Wildman–Crippen MR) is 106 cm³/mol. The molecule has 0 radical (unpaired) electrons. The first-order valence-corrected chi connectivity index (χ1v) is 10.1. The van der Waals surface area contributed by atoms with Gasteiger partial charge in [0, 0.05) is 42.3 Å². The molecule has 0 aliphatic carbocycles. The summed E-state index contributed by atoms with van der Waals surface area (Å²) in [6.07, 6.45) is 5.52. The van der Waals surface area contributed by atoms with Crippen LogP contribution in [0.15, 0.2) is 48.8 Å². The van der Waals surface area contributed by atoms with Gasteiger partial charge in [0.2, 0.25) is 0 Å². The Morgan fingerprint density at radius 3 is 2.70 bits per heavy atom. The second-order valence-electron chi connectivity index (χ2n) is 7.03.